The van der Waals surface area contributed by atoms with Gasteiger partial charge in [-0.15, -0.1) is 0 Å². The van der Waals surface area contributed by atoms with Gasteiger partial charge in [0.05, 0.1) is 29.6 Å². The average Bonchev–Trinajstić information content (AvgIpc) is 3.61. The largest absolute Gasteiger partial charge is 0.491 e. The molecule has 4 rings (SSSR count). The van der Waals surface area contributed by atoms with Crippen molar-refractivity contribution < 1.29 is 32.6 Å². The van der Waals surface area contributed by atoms with Crippen LogP contribution in [0.25, 0.3) is 0 Å². The van der Waals surface area contributed by atoms with Crippen LogP contribution in [0.3, 0.4) is 0 Å². The Balaban J connectivity index is 1.56. The van der Waals surface area contributed by atoms with Crippen LogP contribution in [0.5, 0.6) is 5.75 Å². The van der Waals surface area contributed by atoms with Gasteiger partial charge in [-0.25, -0.2) is 8.42 Å². The molecule has 1 spiro atoms. The van der Waals surface area contributed by atoms with Gasteiger partial charge >= 0.3 is 5.97 Å². The van der Waals surface area contributed by atoms with E-state index in [9.17, 15) is 23.1 Å². The van der Waals surface area contributed by atoms with Crippen LogP contribution in [0, 0.1) is 5.41 Å². The molecule has 2 aliphatic rings. The molecule has 2 aromatic rings. The number of carbonyl (C=O) groups excluding carboxylic acids is 2. The van der Waals surface area contributed by atoms with E-state index in [0.29, 0.717) is 28.1 Å². The number of esters is 1. The molecule has 10 nitrogen and oxygen atoms in total. The van der Waals surface area contributed by atoms with Crippen LogP contribution in [0.4, 0.5) is 17.1 Å². The van der Waals surface area contributed by atoms with E-state index in [1.165, 1.54) is 18.9 Å². The number of aliphatic hydroxyl groups is 1. The molecule has 38 heavy (non-hydrogen) atoms. The first-order chi connectivity index (χ1) is 17.9. The molecule has 1 amide bonds. The summed E-state index contributed by atoms with van der Waals surface area (Å²) in [6, 6.07) is 11.6. The van der Waals surface area contributed by atoms with E-state index in [1.807, 2.05) is 0 Å². The number of methoxy groups -OCH3 is 1. The van der Waals surface area contributed by atoms with Crippen LogP contribution in [0.2, 0.25) is 0 Å². The predicted octanol–water partition coefficient (Wildman–Crippen LogP) is 3.38. The highest BCUT2D eigenvalue weighted by atomic mass is 32.2. The third-order valence-corrected chi connectivity index (χ3v) is 8.02. The fraction of sp³-hybridized carbons (Fsp3) is 0.481. The highest BCUT2D eigenvalue weighted by Gasteiger charge is 2.44. The van der Waals surface area contributed by atoms with E-state index in [0.717, 1.165) is 33.0 Å². The zero-order valence-corrected chi connectivity index (χ0v) is 22.8. The van der Waals surface area contributed by atoms with E-state index in [2.05, 4.69) is 19.7 Å². The standard InChI is InChI=1S/C27H35N3O7S/c1-26(2,33)18-37-21-6-4-5-19(15-21)28-25(32)22-8-7-20(29-38(34,35)17-24(31)36-3)16-23(22)30-13-11-27(9-10-27)12-14-30/h4-8,15-16,29,33H,9-14,17-18H2,1-3H3,(H,28,32). The van der Waals surface area contributed by atoms with Gasteiger partial charge in [0, 0.05) is 24.8 Å². The number of anilines is 3. The first kappa shape index (κ1) is 27.7. The van der Waals surface area contributed by atoms with Crippen molar-refractivity contribution in [1.29, 1.82) is 0 Å². The van der Waals surface area contributed by atoms with Gasteiger partial charge in [-0.05, 0) is 75.3 Å². The quantitative estimate of drug-likeness (QED) is 0.387. The summed E-state index contributed by atoms with van der Waals surface area (Å²) in [6.45, 7) is 4.91. The van der Waals surface area contributed by atoms with Crippen molar-refractivity contribution in [2.24, 2.45) is 5.41 Å². The lowest BCUT2D eigenvalue weighted by Gasteiger charge is -2.35. The highest BCUT2D eigenvalue weighted by Crippen LogP contribution is 2.54. The molecule has 0 bridgehead atoms. The summed E-state index contributed by atoms with van der Waals surface area (Å²) >= 11 is 0. The van der Waals surface area contributed by atoms with Crippen molar-refractivity contribution >= 4 is 39.0 Å². The van der Waals surface area contributed by atoms with Crippen molar-refractivity contribution in [2.75, 3.05) is 47.5 Å². The summed E-state index contributed by atoms with van der Waals surface area (Å²) in [5, 5.41) is 12.8. The van der Waals surface area contributed by atoms with Crippen LogP contribution >= 0.6 is 0 Å². The molecule has 11 heteroatoms. The van der Waals surface area contributed by atoms with Gasteiger partial charge in [-0.3, -0.25) is 14.3 Å². The fourth-order valence-electron chi connectivity index (χ4n) is 4.50. The minimum absolute atomic E-state index is 0.0956. The number of sulfonamides is 1. The van der Waals surface area contributed by atoms with Crippen molar-refractivity contribution in [3.8, 4) is 5.75 Å². The van der Waals surface area contributed by atoms with Crippen molar-refractivity contribution in [2.45, 2.75) is 45.1 Å². The molecule has 0 atom stereocenters. The van der Waals surface area contributed by atoms with Crippen LogP contribution in [-0.2, 0) is 19.6 Å². The summed E-state index contributed by atoms with van der Waals surface area (Å²) < 4.78 is 37.4. The fourth-order valence-corrected chi connectivity index (χ4v) is 5.49. The van der Waals surface area contributed by atoms with E-state index in [1.54, 1.807) is 50.2 Å². The van der Waals surface area contributed by atoms with E-state index >= 15 is 0 Å². The molecule has 1 saturated heterocycles. The normalized spacial score (nSPS) is 16.6. The Bertz CT molecular complexity index is 1290. The van der Waals surface area contributed by atoms with Crippen LogP contribution < -0.4 is 19.7 Å². The van der Waals surface area contributed by atoms with E-state index in [-0.39, 0.29) is 18.2 Å². The number of hydrogen-bond donors (Lipinski definition) is 3. The second-order valence-electron chi connectivity index (χ2n) is 10.7. The lowest BCUT2D eigenvalue weighted by molar-refractivity contribution is -0.137. The molecule has 206 valence electrons. The van der Waals surface area contributed by atoms with Gasteiger partial charge in [0.15, 0.2) is 5.75 Å². The number of benzene rings is 2. The number of amides is 1. The minimum atomic E-state index is -3.98. The Kier molecular flexibility index (Phi) is 7.89. The average molecular weight is 546 g/mol. The number of hydrogen-bond acceptors (Lipinski definition) is 8. The summed E-state index contributed by atoms with van der Waals surface area (Å²) in [6.07, 6.45) is 4.50. The Morgan fingerprint density at radius 2 is 1.76 bits per heavy atom. The molecule has 2 aromatic carbocycles. The monoisotopic (exact) mass is 545 g/mol. The number of rotatable bonds is 10. The van der Waals surface area contributed by atoms with Gasteiger partial charge in [0.25, 0.3) is 5.91 Å². The molecule has 0 aromatic heterocycles. The Hall–Kier alpha value is -3.31. The molecule has 2 fully saturated rings. The summed E-state index contributed by atoms with van der Waals surface area (Å²) in [4.78, 5) is 27.0. The first-order valence-electron chi connectivity index (χ1n) is 12.6. The predicted molar refractivity (Wildman–Crippen MR) is 145 cm³/mol. The minimum Gasteiger partial charge on any atom is -0.491 e. The molecular formula is C27H35N3O7S. The van der Waals surface area contributed by atoms with Crippen LogP contribution in [0.15, 0.2) is 42.5 Å². The smallest absolute Gasteiger partial charge is 0.322 e. The topological polar surface area (TPSA) is 134 Å². The maximum Gasteiger partial charge on any atom is 0.322 e. The van der Waals surface area contributed by atoms with E-state index < -0.39 is 27.3 Å². The molecule has 1 heterocycles. The highest BCUT2D eigenvalue weighted by molar-refractivity contribution is 7.93. The molecule has 3 N–H and O–H groups in total. The Morgan fingerprint density at radius 3 is 2.39 bits per heavy atom. The maximum atomic E-state index is 13.4. The zero-order valence-electron chi connectivity index (χ0n) is 22.0. The lowest BCUT2D eigenvalue weighted by Crippen LogP contribution is -2.35. The Morgan fingerprint density at radius 1 is 1.05 bits per heavy atom. The van der Waals surface area contributed by atoms with E-state index in [4.69, 9.17) is 4.74 Å². The van der Waals surface area contributed by atoms with Crippen molar-refractivity contribution in [1.82, 2.24) is 0 Å². The molecule has 0 radical (unpaired) electrons. The summed E-state index contributed by atoms with van der Waals surface area (Å²) in [5.74, 6) is -1.52. The molecule has 1 aliphatic heterocycles. The third-order valence-electron chi connectivity index (χ3n) is 6.86. The third kappa shape index (κ3) is 7.38. The lowest BCUT2D eigenvalue weighted by atomic mass is 9.93. The summed E-state index contributed by atoms with van der Waals surface area (Å²) in [7, 11) is -2.85. The first-order valence-corrected chi connectivity index (χ1v) is 14.3. The van der Waals surface area contributed by atoms with Crippen LogP contribution in [0.1, 0.15) is 49.9 Å². The zero-order chi connectivity index (χ0) is 27.6. The van der Waals surface area contributed by atoms with Gasteiger partial charge in [0.1, 0.15) is 12.4 Å². The number of nitrogens with one attached hydrogen (secondary N) is 2. The van der Waals surface area contributed by atoms with Crippen LogP contribution in [-0.4, -0.2) is 63.6 Å². The van der Waals surface area contributed by atoms with Gasteiger partial charge in [-0.1, -0.05) is 6.07 Å². The molecule has 1 saturated carbocycles. The molecular weight excluding hydrogens is 510 g/mol. The second kappa shape index (κ2) is 10.8. The Labute approximate surface area is 223 Å². The number of ether oxygens (including phenoxy) is 2. The van der Waals surface area contributed by atoms with Gasteiger partial charge in [0.2, 0.25) is 10.0 Å². The SMILES string of the molecule is COC(=O)CS(=O)(=O)Nc1ccc(C(=O)Nc2cccc(OCC(C)(C)O)c2)c(N2CCC3(CC2)CC3)c1. The number of carbonyl (C=O) groups is 2. The van der Waals surface area contributed by atoms with Gasteiger partial charge < -0.3 is 24.8 Å². The second-order valence-corrected chi connectivity index (χ2v) is 12.5. The number of piperidine rings is 1. The van der Waals surface area contributed by atoms with Crippen molar-refractivity contribution in [3.63, 3.8) is 0 Å². The summed E-state index contributed by atoms with van der Waals surface area (Å²) in [5.41, 5.74) is 1.22. The molecule has 0 unspecified atom stereocenters. The van der Waals surface area contributed by atoms with Gasteiger partial charge in [-0.2, -0.15) is 0 Å². The molecule has 1 aliphatic carbocycles. The maximum absolute atomic E-state index is 13.4. The van der Waals surface area contributed by atoms with Crippen molar-refractivity contribution in [3.05, 3.63) is 48.0 Å². The number of nitrogens with zero attached hydrogens (tertiary/aromatic N) is 1.